The lowest BCUT2D eigenvalue weighted by Gasteiger charge is -2.41. The van der Waals surface area contributed by atoms with Crippen molar-refractivity contribution in [3.8, 4) is 0 Å². The molecule has 2 fully saturated rings. The van der Waals surface area contributed by atoms with Gasteiger partial charge in [-0.1, -0.05) is 84.9 Å². The molecular weight excluding hydrogens is 534 g/mol. The number of amides is 3. The quantitative estimate of drug-likeness (QED) is 0.156. The first-order chi connectivity index (χ1) is 20.1. The van der Waals surface area contributed by atoms with Crippen molar-refractivity contribution in [1.29, 1.82) is 5.41 Å². The molecule has 0 bridgehead atoms. The minimum Gasteiger partial charge on any atom is -0.480 e. The van der Waals surface area contributed by atoms with Crippen LogP contribution in [0.5, 0.6) is 0 Å². The van der Waals surface area contributed by atoms with E-state index in [0.717, 1.165) is 5.56 Å². The number of nitrogens with two attached hydrogens (primary N) is 2. The molecule has 3 aromatic carbocycles. The van der Waals surface area contributed by atoms with E-state index in [9.17, 15) is 24.3 Å². The highest BCUT2D eigenvalue weighted by molar-refractivity contribution is 6.09. The van der Waals surface area contributed by atoms with Crippen molar-refractivity contribution >= 4 is 29.5 Å². The third-order valence-electron chi connectivity index (χ3n) is 8.46. The molecular formula is C32H33N5O5. The highest BCUT2D eigenvalue weighted by Gasteiger charge is 2.71. The summed E-state index contributed by atoms with van der Waals surface area (Å²) in [6.45, 7) is 0.0537. The molecule has 0 radical (unpaired) electrons. The third kappa shape index (κ3) is 5.05. The Morgan fingerprint density at radius 2 is 1.43 bits per heavy atom. The summed E-state index contributed by atoms with van der Waals surface area (Å²) in [5.41, 5.74) is 12.0. The zero-order valence-electron chi connectivity index (χ0n) is 23.0. The summed E-state index contributed by atoms with van der Waals surface area (Å²) in [5.74, 6) is -5.21. The Morgan fingerprint density at radius 3 is 1.98 bits per heavy atom. The van der Waals surface area contributed by atoms with Gasteiger partial charge in [-0.2, -0.15) is 0 Å². The van der Waals surface area contributed by atoms with Gasteiger partial charge < -0.3 is 16.6 Å². The van der Waals surface area contributed by atoms with Gasteiger partial charge in [0.05, 0.1) is 11.8 Å². The number of rotatable bonds is 11. The van der Waals surface area contributed by atoms with Gasteiger partial charge >= 0.3 is 5.97 Å². The van der Waals surface area contributed by atoms with Crippen LogP contribution in [0.3, 0.4) is 0 Å². The Hall–Kier alpha value is -4.83. The summed E-state index contributed by atoms with van der Waals surface area (Å²) in [7, 11) is 0. The number of carboxylic acids is 1. The summed E-state index contributed by atoms with van der Waals surface area (Å²) < 4.78 is 0. The number of amidine groups is 1. The zero-order valence-corrected chi connectivity index (χ0v) is 23.0. The predicted molar refractivity (Wildman–Crippen MR) is 155 cm³/mol. The second-order valence-electron chi connectivity index (χ2n) is 10.8. The molecule has 4 unspecified atom stereocenters. The maximum Gasteiger partial charge on any atom is 0.325 e. The summed E-state index contributed by atoms with van der Waals surface area (Å²) in [6.07, 6.45) is 0.210. The van der Waals surface area contributed by atoms with Crippen LogP contribution in [0.4, 0.5) is 0 Å². The molecule has 10 heteroatoms. The lowest BCUT2D eigenvalue weighted by atomic mass is 9.75. The van der Waals surface area contributed by atoms with Crippen molar-refractivity contribution in [2.24, 2.45) is 23.3 Å². The van der Waals surface area contributed by atoms with Gasteiger partial charge in [-0.3, -0.25) is 34.4 Å². The van der Waals surface area contributed by atoms with Crippen LogP contribution < -0.4 is 11.5 Å². The van der Waals surface area contributed by atoms with Crippen LogP contribution >= 0.6 is 0 Å². The van der Waals surface area contributed by atoms with E-state index in [4.69, 9.17) is 16.9 Å². The summed E-state index contributed by atoms with van der Waals surface area (Å²) in [6, 6.07) is 24.2. The van der Waals surface area contributed by atoms with Gasteiger partial charge in [0.15, 0.2) is 0 Å². The Kier molecular flexibility index (Phi) is 7.91. The molecule has 3 amide bonds. The first-order valence-electron chi connectivity index (χ1n) is 13.8. The van der Waals surface area contributed by atoms with Gasteiger partial charge in [-0.05, 0) is 23.1 Å². The second kappa shape index (κ2) is 11.6. The Balaban J connectivity index is 1.65. The van der Waals surface area contributed by atoms with E-state index in [0.29, 0.717) is 23.1 Å². The summed E-state index contributed by atoms with van der Waals surface area (Å²) >= 11 is 0. The molecule has 5 rings (SSSR count). The average Bonchev–Trinajstić information content (AvgIpc) is 3.41. The molecule has 2 aliphatic heterocycles. The van der Waals surface area contributed by atoms with Crippen molar-refractivity contribution in [3.05, 3.63) is 107 Å². The molecule has 4 atom stereocenters. The van der Waals surface area contributed by atoms with E-state index >= 15 is 0 Å². The highest BCUT2D eigenvalue weighted by atomic mass is 16.4. The van der Waals surface area contributed by atoms with Crippen LogP contribution in [-0.4, -0.2) is 63.1 Å². The summed E-state index contributed by atoms with van der Waals surface area (Å²) in [5, 5.41) is 18.8. The number of carbonyl (C=O) groups excluding carboxylic acids is 3. The Bertz CT molecular complexity index is 1510. The number of nitrogen functional groups attached to an aromatic ring is 1. The number of nitrogens with zero attached hydrogens (tertiary/aromatic N) is 2. The van der Waals surface area contributed by atoms with Gasteiger partial charge in [-0.15, -0.1) is 0 Å². The number of benzene rings is 3. The number of nitrogens with one attached hydrogen (secondary N) is 1. The van der Waals surface area contributed by atoms with E-state index < -0.39 is 47.1 Å². The smallest absolute Gasteiger partial charge is 0.325 e. The fourth-order valence-electron chi connectivity index (χ4n) is 6.56. The molecule has 0 spiro atoms. The standard InChI is InChI=1S/C32H33N5O5/c33-24(38)16-18-37-27(22-11-13-23(14-12-22)28(34)35)25-26(32(37,31(41)42)19-21-9-5-2-6-10-21)30(40)36(29(25)39)17-15-20-7-3-1-4-8-20/h1-14,25-27H,15-19H2,(H2,33,38)(H3,34,35)(H,41,42). The molecule has 216 valence electrons. The number of hydrogen-bond donors (Lipinski definition) is 4. The highest BCUT2D eigenvalue weighted by Crippen LogP contribution is 2.56. The molecule has 0 saturated carbocycles. The lowest BCUT2D eigenvalue weighted by molar-refractivity contribution is -0.159. The van der Waals surface area contributed by atoms with Gasteiger partial charge in [-0.25, -0.2) is 0 Å². The van der Waals surface area contributed by atoms with Crippen LogP contribution in [0.25, 0.3) is 0 Å². The number of aliphatic carboxylic acids is 1. The van der Waals surface area contributed by atoms with Crippen molar-refractivity contribution < 1.29 is 24.3 Å². The van der Waals surface area contributed by atoms with E-state index in [1.807, 2.05) is 36.4 Å². The van der Waals surface area contributed by atoms with E-state index in [2.05, 4.69) is 0 Å². The largest absolute Gasteiger partial charge is 0.480 e. The van der Waals surface area contributed by atoms with Crippen molar-refractivity contribution in [3.63, 3.8) is 0 Å². The van der Waals surface area contributed by atoms with E-state index in [-0.39, 0.29) is 31.8 Å². The molecule has 2 aliphatic rings. The summed E-state index contributed by atoms with van der Waals surface area (Å²) in [4.78, 5) is 56.7. The molecule has 42 heavy (non-hydrogen) atoms. The fourth-order valence-corrected chi connectivity index (χ4v) is 6.56. The van der Waals surface area contributed by atoms with Crippen LogP contribution in [0, 0.1) is 17.2 Å². The minimum atomic E-state index is -1.83. The average molecular weight is 568 g/mol. The minimum absolute atomic E-state index is 0.0589. The first kappa shape index (κ1) is 28.7. The topological polar surface area (TPSA) is 171 Å². The van der Waals surface area contributed by atoms with Crippen molar-refractivity contribution in [2.75, 3.05) is 13.1 Å². The maximum atomic E-state index is 14.2. The van der Waals surface area contributed by atoms with Gasteiger partial charge in [0.1, 0.15) is 11.4 Å². The lowest BCUT2D eigenvalue weighted by Crippen LogP contribution is -2.59. The van der Waals surface area contributed by atoms with E-state index in [1.54, 1.807) is 53.4 Å². The Morgan fingerprint density at radius 1 is 0.833 bits per heavy atom. The number of primary amides is 1. The SMILES string of the molecule is N=C(N)c1ccc(C2C3C(=O)N(CCc4ccccc4)C(=O)C3C(Cc3ccccc3)(C(=O)O)N2CCC(N)=O)cc1. The molecule has 0 aliphatic carbocycles. The number of imide groups is 1. The maximum absolute atomic E-state index is 14.2. The molecule has 10 nitrogen and oxygen atoms in total. The number of carbonyl (C=O) groups is 4. The van der Waals surface area contributed by atoms with Gasteiger partial charge in [0.2, 0.25) is 17.7 Å². The Labute approximate surface area is 243 Å². The molecule has 2 heterocycles. The molecule has 0 aromatic heterocycles. The van der Waals surface area contributed by atoms with Crippen LogP contribution in [0.15, 0.2) is 84.9 Å². The molecule has 6 N–H and O–H groups in total. The molecule has 3 aromatic rings. The number of fused-ring (bicyclic) bond motifs is 1. The monoisotopic (exact) mass is 567 g/mol. The van der Waals surface area contributed by atoms with Crippen LogP contribution in [0.1, 0.15) is 34.7 Å². The zero-order chi connectivity index (χ0) is 30.0. The number of carboxylic acid groups (broad SMARTS) is 1. The van der Waals surface area contributed by atoms with Crippen LogP contribution in [-0.2, 0) is 32.0 Å². The number of likely N-dealkylation sites (tertiary alicyclic amines) is 2. The van der Waals surface area contributed by atoms with Crippen molar-refractivity contribution in [1.82, 2.24) is 9.80 Å². The second-order valence-corrected chi connectivity index (χ2v) is 10.8. The normalized spacial score (nSPS) is 23.6. The van der Waals surface area contributed by atoms with Gasteiger partial charge in [0.25, 0.3) is 0 Å². The fraction of sp³-hybridized carbons (Fsp3) is 0.281. The van der Waals surface area contributed by atoms with Crippen LogP contribution in [0.2, 0.25) is 0 Å². The number of hydrogen-bond acceptors (Lipinski definition) is 6. The molecule has 2 saturated heterocycles. The van der Waals surface area contributed by atoms with Gasteiger partial charge in [0, 0.05) is 37.5 Å². The third-order valence-corrected chi connectivity index (χ3v) is 8.46. The van der Waals surface area contributed by atoms with Crippen molar-refractivity contribution in [2.45, 2.75) is 30.8 Å². The first-order valence-corrected chi connectivity index (χ1v) is 13.8. The predicted octanol–water partition coefficient (Wildman–Crippen LogP) is 2.11. The van der Waals surface area contributed by atoms with E-state index in [1.165, 1.54) is 4.90 Å².